The highest BCUT2D eigenvalue weighted by atomic mass is 16.1. The van der Waals surface area contributed by atoms with Gasteiger partial charge in [-0.1, -0.05) is 54.6 Å². The van der Waals surface area contributed by atoms with Crippen LogP contribution in [-0.4, -0.2) is 29.4 Å². The van der Waals surface area contributed by atoms with E-state index >= 15 is 0 Å². The van der Waals surface area contributed by atoms with Crippen LogP contribution in [0.5, 0.6) is 0 Å². The van der Waals surface area contributed by atoms with Gasteiger partial charge in [0.25, 0.3) is 5.91 Å². The van der Waals surface area contributed by atoms with Gasteiger partial charge in [-0.2, -0.15) is 0 Å². The Morgan fingerprint density at radius 3 is 2.38 bits per heavy atom. The van der Waals surface area contributed by atoms with Crippen LogP contribution in [0.15, 0.2) is 60.7 Å². The first-order valence-corrected chi connectivity index (χ1v) is 9.63. The highest BCUT2D eigenvalue weighted by molar-refractivity contribution is 5.94. The average Bonchev–Trinajstić information content (AvgIpc) is 3.56. The maximum atomic E-state index is 12.1. The van der Waals surface area contributed by atoms with Crippen LogP contribution in [-0.2, 0) is 6.54 Å². The van der Waals surface area contributed by atoms with Crippen molar-refractivity contribution < 1.29 is 4.79 Å². The van der Waals surface area contributed by atoms with E-state index in [4.69, 9.17) is 0 Å². The summed E-state index contributed by atoms with van der Waals surface area (Å²) in [4.78, 5) is 14.6. The van der Waals surface area contributed by atoms with Gasteiger partial charge in [-0.05, 0) is 48.9 Å². The summed E-state index contributed by atoms with van der Waals surface area (Å²) in [5, 5.41) is 3.04. The molecule has 2 saturated carbocycles. The number of rotatable bonds is 8. The van der Waals surface area contributed by atoms with Crippen LogP contribution in [0.25, 0.3) is 6.08 Å². The Morgan fingerprint density at radius 2 is 1.73 bits per heavy atom. The minimum atomic E-state index is 0.0592. The lowest BCUT2D eigenvalue weighted by atomic mass is 10.1. The molecule has 2 aliphatic carbocycles. The molecular weight excluding hydrogens is 320 g/mol. The van der Waals surface area contributed by atoms with Gasteiger partial charge >= 0.3 is 0 Å². The summed E-state index contributed by atoms with van der Waals surface area (Å²) in [6.07, 6.45) is 9.28. The monoisotopic (exact) mass is 346 g/mol. The summed E-state index contributed by atoms with van der Waals surface area (Å²) in [5.74, 6) is 0.0592. The smallest absolute Gasteiger partial charge is 0.251 e. The lowest BCUT2D eigenvalue weighted by molar-refractivity contribution is 0.0951. The molecule has 26 heavy (non-hydrogen) atoms. The summed E-state index contributed by atoms with van der Waals surface area (Å²) in [6.45, 7) is 1.90. The second-order valence-corrected chi connectivity index (χ2v) is 7.42. The maximum absolute atomic E-state index is 12.1. The number of hydrogen-bond acceptors (Lipinski definition) is 2. The fraction of sp³-hybridized carbons (Fsp3) is 0.348. The molecule has 1 amide bonds. The molecule has 0 aliphatic heterocycles. The van der Waals surface area contributed by atoms with E-state index in [0.29, 0.717) is 12.1 Å². The van der Waals surface area contributed by atoms with Gasteiger partial charge in [0.15, 0.2) is 0 Å². The van der Waals surface area contributed by atoms with Crippen molar-refractivity contribution in [2.24, 2.45) is 0 Å². The van der Waals surface area contributed by atoms with Crippen LogP contribution in [0.4, 0.5) is 0 Å². The molecule has 134 valence electrons. The van der Waals surface area contributed by atoms with Crippen LogP contribution in [0, 0.1) is 0 Å². The topological polar surface area (TPSA) is 32.3 Å². The molecule has 2 aromatic carbocycles. The number of nitrogens with zero attached hydrogens (tertiary/aromatic N) is 1. The van der Waals surface area contributed by atoms with Crippen LogP contribution in [0.1, 0.15) is 47.2 Å². The lowest BCUT2D eigenvalue weighted by Gasteiger charge is -2.20. The molecule has 3 nitrogen and oxygen atoms in total. The number of hydrogen-bond donors (Lipinski definition) is 1. The van der Waals surface area contributed by atoms with E-state index in [2.05, 4.69) is 58.8 Å². The van der Waals surface area contributed by atoms with Gasteiger partial charge in [0.05, 0.1) is 0 Å². The van der Waals surface area contributed by atoms with E-state index in [-0.39, 0.29) is 5.91 Å². The molecule has 0 bridgehead atoms. The van der Waals surface area contributed by atoms with Crippen molar-refractivity contribution >= 4 is 12.0 Å². The van der Waals surface area contributed by atoms with E-state index in [1.807, 2.05) is 18.2 Å². The molecule has 0 atom stereocenters. The molecule has 2 aliphatic rings. The number of carbonyl (C=O) groups excluding carboxylic acids is 1. The first-order chi connectivity index (χ1) is 12.8. The second kappa shape index (κ2) is 7.88. The molecule has 0 spiro atoms. The fourth-order valence-corrected chi connectivity index (χ4v) is 3.16. The Kier molecular flexibility index (Phi) is 5.16. The van der Waals surface area contributed by atoms with Gasteiger partial charge in [-0.25, -0.2) is 0 Å². The van der Waals surface area contributed by atoms with Gasteiger partial charge in [0, 0.05) is 30.7 Å². The third kappa shape index (κ3) is 4.83. The number of benzene rings is 2. The summed E-state index contributed by atoms with van der Waals surface area (Å²) >= 11 is 0. The average molecular weight is 346 g/mol. The SMILES string of the molecule is O=C(NC1CC1)c1ccc(CN(C/C=C/c2ccccc2)C2CC2)cc1. The van der Waals surface area contributed by atoms with E-state index < -0.39 is 0 Å². The van der Waals surface area contributed by atoms with Crippen LogP contribution < -0.4 is 5.32 Å². The van der Waals surface area contributed by atoms with Crippen molar-refractivity contribution in [1.82, 2.24) is 10.2 Å². The van der Waals surface area contributed by atoms with Crippen molar-refractivity contribution in [3.63, 3.8) is 0 Å². The lowest BCUT2D eigenvalue weighted by Crippen LogP contribution is -2.26. The number of amides is 1. The minimum Gasteiger partial charge on any atom is -0.349 e. The van der Waals surface area contributed by atoms with Crippen LogP contribution in [0.2, 0.25) is 0 Å². The van der Waals surface area contributed by atoms with Gasteiger partial charge in [0.1, 0.15) is 0 Å². The predicted molar refractivity (Wildman–Crippen MR) is 106 cm³/mol. The molecule has 0 radical (unpaired) electrons. The summed E-state index contributed by atoms with van der Waals surface area (Å²) in [6, 6.07) is 19.6. The molecule has 3 heteroatoms. The number of nitrogens with one attached hydrogen (secondary N) is 1. The largest absolute Gasteiger partial charge is 0.349 e. The van der Waals surface area contributed by atoms with E-state index in [1.54, 1.807) is 0 Å². The molecule has 2 fully saturated rings. The van der Waals surface area contributed by atoms with Crippen molar-refractivity contribution in [2.75, 3.05) is 6.54 Å². The Morgan fingerprint density at radius 1 is 1.00 bits per heavy atom. The number of carbonyl (C=O) groups is 1. The summed E-state index contributed by atoms with van der Waals surface area (Å²) < 4.78 is 0. The molecule has 0 unspecified atom stereocenters. The molecule has 0 aromatic heterocycles. The van der Waals surface area contributed by atoms with Gasteiger partial charge in [0.2, 0.25) is 0 Å². The molecule has 1 N–H and O–H groups in total. The van der Waals surface area contributed by atoms with Gasteiger partial charge in [-0.15, -0.1) is 0 Å². The summed E-state index contributed by atoms with van der Waals surface area (Å²) in [5.41, 5.74) is 3.28. The zero-order valence-corrected chi connectivity index (χ0v) is 15.1. The van der Waals surface area contributed by atoms with Crippen molar-refractivity contribution in [3.05, 3.63) is 77.4 Å². The zero-order chi connectivity index (χ0) is 17.8. The zero-order valence-electron chi connectivity index (χ0n) is 15.1. The van der Waals surface area contributed by atoms with Gasteiger partial charge < -0.3 is 5.32 Å². The Hall–Kier alpha value is -2.39. The van der Waals surface area contributed by atoms with E-state index in [9.17, 15) is 4.79 Å². The van der Waals surface area contributed by atoms with E-state index in [1.165, 1.54) is 24.0 Å². The Balaban J connectivity index is 1.34. The normalized spacial score (nSPS) is 17.0. The molecule has 4 rings (SSSR count). The first kappa shape index (κ1) is 17.0. The van der Waals surface area contributed by atoms with Crippen LogP contribution in [0.3, 0.4) is 0 Å². The van der Waals surface area contributed by atoms with Crippen molar-refractivity contribution in [2.45, 2.75) is 44.3 Å². The molecule has 0 saturated heterocycles. The first-order valence-electron chi connectivity index (χ1n) is 9.63. The third-order valence-electron chi connectivity index (χ3n) is 5.03. The maximum Gasteiger partial charge on any atom is 0.251 e. The Bertz CT molecular complexity index is 759. The standard InChI is InChI=1S/C23H26N2O/c26-23(24-21-12-13-21)20-10-8-19(9-11-20)17-25(22-14-15-22)16-4-7-18-5-2-1-3-6-18/h1-11,21-22H,12-17H2,(H,24,26)/b7-4+. The third-order valence-corrected chi connectivity index (χ3v) is 5.03. The Labute approximate surface area is 155 Å². The van der Waals surface area contributed by atoms with E-state index in [0.717, 1.165) is 31.5 Å². The summed E-state index contributed by atoms with van der Waals surface area (Å²) in [7, 11) is 0. The fourth-order valence-electron chi connectivity index (χ4n) is 3.16. The highest BCUT2D eigenvalue weighted by Crippen LogP contribution is 2.28. The second-order valence-electron chi connectivity index (χ2n) is 7.42. The highest BCUT2D eigenvalue weighted by Gasteiger charge is 2.28. The molecular formula is C23H26N2O. The van der Waals surface area contributed by atoms with Crippen molar-refractivity contribution in [3.8, 4) is 0 Å². The minimum absolute atomic E-state index is 0.0592. The predicted octanol–water partition coefficient (Wildman–Crippen LogP) is 4.26. The van der Waals surface area contributed by atoms with Gasteiger partial charge in [-0.3, -0.25) is 9.69 Å². The molecule has 0 heterocycles. The van der Waals surface area contributed by atoms with Crippen LogP contribution >= 0.6 is 0 Å². The molecule has 2 aromatic rings. The van der Waals surface area contributed by atoms with Crippen molar-refractivity contribution in [1.29, 1.82) is 0 Å². The quantitative estimate of drug-likeness (QED) is 0.775.